The Morgan fingerprint density at radius 1 is 1.22 bits per heavy atom. The van der Waals surface area contributed by atoms with Crippen LogP contribution in [0.5, 0.6) is 0 Å². The molecule has 36 heavy (non-hydrogen) atoms. The highest BCUT2D eigenvalue weighted by molar-refractivity contribution is 7.88. The third-order valence-electron chi connectivity index (χ3n) is 7.07. The van der Waals surface area contributed by atoms with Gasteiger partial charge in [0, 0.05) is 36.4 Å². The second kappa shape index (κ2) is 13.4. The number of rotatable bonds is 5. The Bertz CT molecular complexity index is 1130. The molecule has 0 spiro atoms. The first kappa shape index (κ1) is 28.4. The summed E-state index contributed by atoms with van der Waals surface area (Å²) in [5.41, 5.74) is 5.41. The molecule has 1 N–H and O–H groups in total. The maximum atomic E-state index is 12.0. The average molecular weight is 530 g/mol. The molecule has 1 fully saturated rings. The minimum absolute atomic E-state index is 0.227. The van der Waals surface area contributed by atoms with Crippen molar-refractivity contribution in [2.45, 2.75) is 64.8 Å². The van der Waals surface area contributed by atoms with Gasteiger partial charge in [-0.05, 0) is 86.6 Å². The number of nitrogens with one attached hydrogen (secondary N) is 1. The van der Waals surface area contributed by atoms with Crippen LogP contribution in [0.1, 0.15) is 69.9 Å². The number of piperidine rings is 1. The van der Waals surface area contributed by atoms with E-state index >= 15 is 0 Å². The Morgan fingerprint density at radius 2 is 1.97 bits per heavy atom. The molecular weight excluding hydrogens is 490 g/mol. The van der Waals surface area contributed by atoms with Crippen molar-refractivity contribution < 1.29 is 8.42 Å². The molecule has 1 aromatic carbocycles. The Labute approximate surface area is 222 Å². The van der Waals surface area contributed by atoms with E-state index in [4.69, 9.17) is 11.6 Å². The lowest BCUT2D eigenvalue weighted by molar-refractivity contribution is 0.227. The molecule has 2 atom stereocenters. The van der Waals surface area contributed by atoms with E-state index in [-0.39, 0.29) is 12.0 Å². The fourth-order valence-electron chi connectivity index (χ4n) is 5.48. The quantitative estimate of drug-likeness (QED) is 0.431. The zero-order valence-electron chi connectivity index (χ0n) is 22.0. The van der Waals surface area contributed by atoms with E-state index < -0.39 is 10.0 Å². The lowest BCUT2D eigenvalue weighted by Gasteiger charge is -2.42. The van der Waals surface area contributed by atoms with Gasteiger partial charge in [0.2, 0.25) is 10.0 Å². The minimum atomic E-state index is -3.13. The van der Waals surface area contributed by atoms with Crippen LogP contribution in [0.4, 0.5) is 0 Å². The highest BCUT2D eigenvalue weighted by Gasteiger charge is 2.38. The number of aliphatic imine (C=N–C) groups is 1. The van der Waals surface area contributed by atoms with Crippen LogP contribution >= 0.6 is 11.6 Å². The zero-order valence-corrected chi connectivity index (χ0v) is 23.5. The predicted octanol–water partition coefficient (Wildman–Crippen LogP) is 6.71. The Morgan fingerprint density at radius 3 is 2.58 bits per heavy atom. The molecule has 4 rings (SSSR count). The topological polar surface area (TPSA) is 61.8 Å². The second-order valence-corrected chi connectivity index (χ2v) is 12.1. The molecule has 3 aliphatic rings. The summed E-state index contributed by atoms with van der Waals surface area (Å²) in [6, 6.07) is 6.51. The molecule has 1 aliphatic carbocycles. The van der Waals surface area contributed by atoms with Gasteiger partial charge in [-0.15, -0.1) is 0 Å². The van der Waals surface area contributed by atoms with Gasteiger partial charge >= 0.3 is 0 Å². The van der Waals surface area contributed by atoms with Crippen molar-refractivity contribution in [2.24, 2.45) is 10.9 Å². The fraction of sp³-hybridized carbons (Fsp3) is 0.483. The molecule has 1 aromatic rings. The van der Waals surface area contributed by atoms with Gasteiger partial charge in [-0.2, -0.15) is 0 Å². The number of sulfonamides is 1. The maximum absolute atomic E-state index is 12.0. The number of hydrogen-bond acceptors (Lipinski definition) is 4. The summed E-state index contributed by atoms with van der Waals surface area (Å²) in [6.45, 7) is 7.25. The van der Waals surface area contributed by atoms with Gasteiger partial charge in [-0.25, -0.2) is 12.7 Å². The van der Waals surface area contributed by atoms with Crippen molar-refractivity contribution >= 4 is 33.9 Å². The number of allylic oxidation sites excluding steroid dienone is 4. The molecular formula is C29H40ClN3O2S. The third-order valence-corrected chi connectivity index (χ3v) is 8.61. The van der Waals surface area contributed by atoms with E-state index in [1.165, 1.54) is 28.5 Å². The molecule has 7 heteroatoms. The standard InChI is InChI=1S/C24H31ClN2O2S.C5H9N/c1-3-5-17-14-19-6-4-11-26-24(19)23(22-8-7-21(25)16-20(22)15-17)18-9-12-27(13-10-18)30(2,28)29;1-3-5-6-4-2/h4,6-8,11,15-16,18,23-24,26H,3,5,9-10,12-14H2,1-2H3;3-5H,1-2H3/b17-15-;5-3-,6-4?. The van der Waals surface area contributed by atoms with Crippen molar-refractivity contribution in [3.8, 4) is 0 Å². The van der Waals surface area contributed by atoms with Gasteiger partial charge in [-0.1, -0.05) is 54.8 Å². The Balaban J connectivity index is 0.000000538. The molecule has 0 bridgehead atoms. The van der Waals surface area contributed by atoms with Crippen molar-refractivity contribution in [1.29, 1.82) is 0 Å². The van der Waals surface area contributed by atoms with E-state index in [9.17, 15) is 8.42 Å². The van der Waals surface area contributed by atoms with Crippen LogP contribution in [0.3, 0.4) is 0 Å². The van der Waals surface area contributed by atoms with Crippen LogP contribution in [0, 0.1) is 5.92 Å². The minimum Gasteiger partial charge on any atom is -0.384 e. The van der Waals surface area contributed by atoms with Crippen LogP contribution in [-0.2, 0) is 10.0 Å². The van der Waals surface area contributed by atoms with E-state index in [0.717, 1.165) is 37.1 Å². The third kappa shape index (κ3) is 7.44. The summed E-state index contributed by atoms with van der Waals surface area (Å²) in [7, 11) is -3.13. The van der Waals surface area contributed by atoms with Crippen LogP contribution in [0.15, 0.2) is 65.0 Å². The number of dihydropyridines is 1. The number of hydrogen-bond donors (Lipinski definition) is 1. The summed E-state index contributed by atoms with van der Waals surface area (Å²) in [4.78, 5) is 3.78. The van der Waals surface area contributed by atoms with Gasteiger partial charge in [0.15, 0.2) is 0 Å². The largest absolute Gasteiger partial charge is 0.384 e. The summed E-state index contributed by atoms with van der Waals surface area (Å²) in [5.74, 6) is 0.700. The molecule has 196 valence electrons. The van der Waals surface area contributed by atoms with Gasteiger partial charge in [0.05, 0.1) is 12.3 Å². The Hall–Kier alpha value is -2.15. The molecule has 2 heterocycles. The van der Waals surface area contributed by atoms with Crippen LogP contribution in [0.2, 0.25) is 5.02 Å². The molecule has 0 amide bonds. The number of nitrogens with zero attached hydrogens (tertiary/aromatic N) is 2. The van der Waals surface area contributed by atoms with Crippen molar-refractivity contribution in [3.05, 3.63) is 76.1 Å². The van der Waals surface area contributed by atoms with Crippen molar-refractivity contribution in [2.75, 3.05) is 19.3 Å². The first-order valence-corrected chi connectivity index (χ1v) is 15.2. The molecule has 0 aromatic heterocycles. The van der Waals surface area contributed by atoms with Crippen LogP contribution < -0.4 is 5.32 Å². The number of benzene rings is 1. The first-order valence-electron chi connectivity index (χ1n) is 12.9. The normalized spacial score (nSPS) is 24.5. The van der Waals surface area contributed by atoms with E-state index in [2.05, 4.69) is 47.6 Å². The summed E-state index contributed by atoms with van der Waals surface area (Å²) in [6.07, 6.45) is 20.4. The molecule has 5 nitrogen and oxygen atoms in total. The molecule has 0 saturated carbocycles. The summed E-state index contributed by atoms with van der Waals surface area (Å²) >= 11 is 6.39. The lowest BCUT2D eigenvalue weighted by atomic mass is 9.70. The number of fused-ring (bicyclic) bond motifs is 2. The molecule has 2 unspecified atom stereocenters. The highest BCUT2D eigenvalue weighted by Crippen LogP contribution is 2.44. The smallest absolute Gasteiger partial charge is 0.211 e. The number of halogens is 1. The average Bonchev–Trinajstić information content (AvgIpc) is 2.84. The SMILES string of the molecule is CC=N/C=C\C.CCC/C1=C/c2cc(Cl)ccc2C(C2CCN(S(C)(=O)=O)CC2)C2NC=CC=C2C1. The van der Waals surface area contributed by atoms with Crippen molar-refractivity contribution in [3.63, 3.8) is 0 Å². The maximum Gasteiger partial charge on any atom is 0.211 e. The molecule has 1 saturated heterocycles. The van der Waals surface area contributed by atoms with E-state index in [0.29, 0.717) is 19.0 Å². The highest BCUT2D eigenvalue weighted by atomic mass is 35.5. The molecule has 2 aliphatic heterocycles. The second-order valence-electron chi connectivity index (χ2n) is 9.66. The van der Waals surface area contributed by atoms with Crippen LogP contribution in [0.25, 0.3) is 6.08 Å². The monoisotopic (exact) mass is 529 g/mol. The lowest BCUT2D eigenvalue weighted by Crippen LogP contribution is -2.44. The van der Waals surface area contributed by atoms with Gasteiger partial charge in [-0.3, -0.25) is 4.99 Å². The first-order chi connectivity index (χ1) is 17.3. The van der Waals surface area contributed by atoms with Gasteiger partial charge < -0.3 is 5.32 Å². The van der Waals surface area contributed by atoms with Gasteiger partial charge in [0.1, 0.15) is 0 Å². The zero-order chi connectivity index (χ0) is 26.1. The molecule has 0 radical (unpaired) electrons. The van der Waals surface area contributed by atoms with E-state index in [1.54, 1.807) is 16.7 Å². The summed E-state index contributed by atoms with van der Waals surface area (Å²) in [5, 5.41) is 4.42. The summed E-state index contributed by atoms with van der Waals surface area (Å²) < 4.78 is 25.6. The fourth-order valence-corrected chi connectivity index (χ4v) is 6.53. The Kier molecular flexibility index (Phi) is 10.6. The predicted molar refractivity (Wildman–Crippen MR) is 154 cm³/mol. The van der Waals surface area contributed by atoms with E-state index in [1.807, 2.05) is 32.2 Å². The van der Waals surface area contributed by atoms with Gasteiger partial charge in [0.25, 0.3) is 0 Å². The van der Waals surface area contributed by atoms with Crippen LogP contribution in [-0.4, -0.2) is 44.3 Å². The van der Waals surface area contributed by atoms with Crippen molar-refractivity contribution in [1.82, 2.24) is 9.62 Å².